The number of hydrogen-bond acceptors (Lipinski definition) is 5. The molecular weight excluding hydrogens is 246 g/mol. The molecule has 0 fully saturated rings. The maximum Gasteiger partial charge on any atom is 0.357 e. The molecule has 0 unspecified atom stereocenters. The van der Waals surface area contributed by atoms with Crippen LogP contribution in [0.2, 0.25) is 0 Å². The second kappa shape index (κ2) is 5.79. The quantitative estimate of drug-likeness (QED) is 0.818. The molecule has 102 valence electrons. The van der Waals surface area contributed by atoms with Gasteiger partial charge < -0.3 is 9.84 Å². The second-order valence-electron chi connectivity index (χ2n) is 4.24. The molecule has 0 radical (unpaired) electrons. The van der Waals surface area contributed by atoms with Gasteiger partial charge in [0.05, 0.1) is 12.3 Å². The van der Waals surface area contributed by atoms with E-state index in [1.54, 1.807) is 19.2 Å². The lowest BCUT2D eigenvalue weighted by atomic mass is 10.1. The molecule has 0 bridgehead atoms. The average Bonchev–Trinajstić information content (AvgIpc) is 2.75. The summed E-state index contributed by atoms with van der Waals surface area (Å²) in [6.07, 6.45) is 2.78. The largest absolute Gasteiger partial charge is 0.461 e. The Morgan fingerprint density at radius 1 is 1.53 bits per heavy atom. The average molecular weight is 263 g/mol. The molecule has 6 heteroatoms. The van der Waals surface area contributed by atoms with Crippen LogP contribution in [0.15, 0.2) is 12.3 Å². The van der Waals surface area contributed by atoms with Crippen LogP contribution < -0.4 is 0 Å². The zero-order valence-electron chi connectivity index (χ0n) is 11.1. The first-order valence-corrected chi connectivity index (χ1v) is 6.29. The topological polar surface area (TPSA) is 76.7 Å². The molecular formula is C13H17N3O3. The summed E-state index contributed by atoms with van der Waals surface area (Å²) in [7, 11) is 0. The number of carbonyl (C=O) groups is 1. The summed E-state index contributed by atoms with van der Waals surface area (Å²) < 4.78 is 6.59. The molecule has 6 nitrogen and oxygen atoms in total. The molecule has 0 saturated carbocycles. The molecule has 0 amide bonds. The van der Waals surface area contributed by atoms with E-state index >= 15 is 0 Å². The van der Waals surface area contributed by atoms with Crippen LogP contribution in [0.1, 0.15) is 35.1 Å². The number of aryl methyl sites for hydroxylation is 2. The van der Waals surface area contributed by atoms with Crippen LogP contribution in [0.25, 0.3) is 5.65 Å². The van der Waals surface area contributed by atoms with Crippen molar-refractivity contribution in [2.45, 2.75) is 26.7 Å². The zero-order valence-corrected chi connectivity index (χ0v) is 11.1. The zero-order chi connectivity index (χ0) is 13.8. The standard InChI is InChI=1S/C13H17N3O3/c1-3-19-13(18)12-10(5-4-6-17)8-14-11-7-9(2)15-16(11)12/h7-8,17H,3-6H2,1-2H3. The summed E-state index contributed by atoms with van der Waals surface area (Å²) in [5, 5.41) is 13.2. The second-order valence-corrected chi connectivity index (χ2v) is 4.24. The van der Waals surface area contributed by atoms with Crippen LogP contribution >= 0.6 is 0 Å². The highest BCUT2D eigenvalue weighted by atomic mass is 16.5. The van der Waals surface area contributed by atoms with Crippen LogP contribution in [0, 0.1) is 6.92 Å². The Hall–Kier alpha value is -1.95. The lowest BCUT2D eigenvalue weighted by Crippen LogP contribution is -2.15. The molecule has 2 aromatic heterocycles. The van der Waals surface area contributed by atoms with Crippen molar-refractivity contribution in [3.05, 3.63) is 29.2 Å². The van der Waals surface area contributed by atoms with E-state index < -0.39 is 5.97 Å². The molecule has 0 aliphatic carbocycles. The third-order valence-corrected chi connectivity index (χ3v) is 2.75. The summed E-state index contributed by atoms with van der Waals surface area (Å²) in [6, 6.07) is 1.80. The fourth-order valence-corrected chi connectivity index (χ4v) is 1.95. The van der Waals surface area contributed by atoms with Gasteiger partial charge in [0.1, 0.15) is 0 Å². The number of aromatic nitrogens is 3. The molecule has 1 N–H and O–H groups in total. The maximum absolute atomic E-state index is 12.1. The van der Waals surface area contributed by atoms with Crippen molar-refractivity contribution in [3.63, 3.8) is 0 Å². The molecule has 0 saturated heterocycles. The summed E-state index contributed by atoms with van der Waals surface area (Å²) in [5.74, 6) is -0.411. The van der Waals surface area contributed by atoms with Gasteiger partial charge >= 0.3 is 5.97 Å². The minimum atomic E-state index is -0.411. The van der Waals surface area contributed by atoms with Crippen molar-refractivity contribution in [2.75, 3.05) is 13.2 Å². The van der Waals surface area contributed by atoms with Crippen LogP contribution in [0.5, 0.6) is 0 Å². The van der Waals surface area contributed by atoms with Gasteiger partial charge in [-0.1, -0.05) is 0 Å². The predicted octanol–water partition coefficient (Wildman–Crippen LogP) is 1.14. The van der Waals surface area contributed by atoms with Crippen LogP contribution in [-0.4, -0.2) is 38.9 Å². The number of nitrogens with zero attached hydrogens (tertiary/aromatic N) is 3. The van der Waals surface area contributed by atoms with E-state index in [4.69, 9.17) is 9.84 Å². The lowest BCUT2D eigenvalue weighted by molar-refractivity contribution is 0.0514. The van der Waals surface area contributed by atoms with Crippen molar-refractivity contribution in [1.29, 1.82) is 0 Å². The van der Waals surface area contributed by atoms with E-state index in [2.05, 4.69) is 10.1 Å². The van der Waals surface area contributed by atoms with E-state index in [1.165, 1.54) is 4.52 Å². The predicted molar refractivity (Wildman–Crippen MR) is 69.1 cm³/mol. The van der Waals surface area contributed by atoms with Gasteiger partial charge in [-0.2, -0.15) is 5.10 Å². The number of aliphatic hydroxyl groups is 1. The van der Waals surface area contributed by atoms with Gasteiger partial charge in [0.25, 0.3) is 0 Å². The Morgan fingerprint density at radius 3 is 3.00 bits per heavy atom. The van der Waals surface area contributed by atoms with Crippen LogP contribution in [0.3, 0.4) is 0 Å². The minimum absolute atomic E-state index is 0.0679. The number of carbonyl (C=O) groups excluding carboxylic acids is 1. The molecule has 2 heterocycles. The van der Waals surface area contributed by atoms with Gasteiger partial charge in [0, 0.05) is 24.4 Å². The summed E-state index contributed by atoms with van der Waals surface area (Å²) in [6.45, 7) is 3.98. The van der Waals surface area contributed by atoms with Gasteiger partial charge in [0.15, 0.2) is 11.3 Å². The Bertz CT molecular complexity index is 592. The van der Waals surface area contributed by atoms with Crippen molar-refractivity contribution in [3.8, 4) is 0 Å². The van der Waals surface area contributed by atoms with E-state index in [-0.39, 0.29) is 6.61 Å². The van der Waals surface area contributed by atoms with Crippen molar-refractivity contribution >= 4 is 11.6 Å². The highest BCUT2D eigenvalue weighted by molar-refractivity contribution is 5.89. The summed E-state index contributed by atoms with van der Waals surface area (Å²) in [4.78, 5) is 16.3. The normalized spacial score (nSPS) is 10.9. The SMILES string of the molecule is CCOC(=O)c1c(CCCO)cnc2cc(C)nn12. The summed E-state index contributed by atoms with van der Waals surface area (Å²) >= 11 is 0. The number of rotatable bonds is 5. The monoisotopic (exact) mass is 263 g/mol. The Balaban J connectivity index is 2.53. The number of fused-ring (bicyclic) bond motifs is 1. The first-order chi connectivity index (χ1) is 9.17. The van der Waals surface area contributed by atoms with Crippen molar-refractivity contribution < 1.29 is 14.6 Å². The lowest BCUT2D eigenvalue weighted by Gasteiger charge is -2.09. The number of ether oxygens (including phenoxy) is 1. The fourth-order valence-electron chi connectivity index (χ4n) is 1.95. The Kier molecular flexibility index (Phi) is 4.11. The van der Waals surface area contributed by atoms with Gasteiger partial charge in [-0.3, -0.25) is 0 Å². The van der Waals surface area contributed by atoms with Crippen molar-refractivity contribution in [1.82, 2.24) is 14.6 Å². The third kappa shape index (κ3) is 2.73. The molecule has 0 atom stereocenters. The summed E-state index contributed by atoms with van der Waals surface area (Å²) in [5.41, 5.74) is 2.54. The first kappa shape index (κ1) is 13.5. The number of aliphatic hydroxyl groups excluding tert-OH is 1. The molecule has 2 rings (SSSR count). The van der Waals surface area contributed by atoms with E-state index in [0.29, 0.717) is 30.8 Å². The van der Waals surface area contributed by atoms with Gasteiger partial charge in [0.2, 0.25) is 0 Å². The molecule has 2 aromatic rings. The van der Waals surface area contributed by atoms with E-state index in [0.717, 1.165) is 11.3 Å². The number of esters is 1. The van der Waals surface area contributed by atoms with Crippen molar-refractivity contribution in [2.24, 2.45) is 0 Å². The fraction of sp³-hybridized carbons (Fsp3) is 0.462. The minimum Gasteiger partial charge on any atom is -0.461 e. The Labute approximate surface area is 111 Å². The Morgan fingerprint density at radius 2 is 2.32 bits per heavy atom. The molecule has 0 aliphatic heterocycles. The smallest absolute Gasteiger partial charge is 0.357 e. The molecule has 0 aliphatic rings. The molecule has 19 heavy (non-hydrogen) atoms. The van der Waals surface area contributed by atoms with E-state index in [1.807, 2.05) is 6.92 Å². The highest BCUT2D eigenvalue weighted by Gasteiger charge is 2.18. The van der Waals surface area contributed by atoms with Gasteiger partial charge in [-0.15, -0.1) is 0 Å². The van der Waals surface area contributed by atoms with Gasteiger partial charge in [-0.05, 0) is 26.7 Å². The van der Waals surface area contributed by atoms with Crippen LogP contribution in [0.4, 0.5) is 0 Å². The first-order valence-electron chi connectivity index (χ1n) is 6.29. The van der Waals surface area contributed by atoms with Gasteiger partial charge in [-0.25, -0.2) is 14.3 Å². The maximum atomic E-state index is 12.1. The number of hydrogen-bond donors (Lipinski definition) is 1. The van der Waals surface area contributed by atoms with Crippen LogP contribution in [-0.2, 0) is 11.2 Å². The van der Waals surface area contributed by atoms with E-state index in [9.17, 15) is 4.79 Å². The molecule has 0 aromatic carbocycles. The highest BCUT2D eigenvalue weighted by Crippen LogP contribution is 2.15. The molecule has 0 spiro atoms. The third-order valence-electron chi connectivity index (χ3n) is 2.75.